The van der Waals surface area contributed by atoms with Crippen molar-refractivity contribution in [3.05, 3.63) is 27.7 Å². The Kier molecular flexibility index (Phi) is 6.01. The molecule has 1 unspecified atom stereocenters. The van der Waals surface area contributed by atoms with Gasteiger partial charge in [-0.2, -0.15) is 4.31 Å². The molecule has 1 aromatic carbocycles. The Morgan fingerprint density at radius 2 is 1.76 bits per heavy atom. The molecule has 0 aliphatic heterocycles. The first-order valence-corrected chi connectivity index (χ1v) is 9.18. The van der Waals surface area contributed by atoms with Crippen molar-refractivity contribution in [1.29, 1.82) is 0 Å². The lowest BCUT2D eigenvalue weighted by Gasteiger charge is -2.34. The zero-order chi connectivity index (χ0) is 16.6. The fourth-order valence-corrected chi connectivity index (χ4v) is 4.65. The average Bonchev–Trinajstić information content (AvgIpc) is 2.36. The van der Waals surface area contributed by atoms with E-state index in [9.17, 15) is 8.42 Å². The summed E-state index contributed by atoms with van der Waals surface area (Å²) in [4.78, 5) is 0.0304. The highest BCUT2D eigenvalue weighted by molar-refractivity contribution is 7.89. The lowest BCUT2D eigenvalue weighted by Crippen LogP contribution is -2.43. The smallest absolute Gasteiger partial charge is 0.207 e. The van der Waals surface area contributed by atoms with Crippen molar-refractivity contribution in [2.75, 3.05) is 7.05 Å². The van der Waals surface area contributed by atoms with Crippen molar-refractivity contribution in [3.63, 3.8) is 0 Å². The molecular weight excluding hydrogens is 353 g/mol. The summed E-state index contributed by atoms with van der Waals surface area (Å²) in [5, 5.41) is 0.450. The summed E-state index contributed by atoms with van der Waals surface area (Å²) in [7, 11) is -2.17. The Morgan fingerprint density at radius 3 is 2.19 bits per heavy atom. The largest absolute Gasteiger partial charge is 0.244 e. The molecule has 1 aromatic rings. The van der Waals surface area contributed by atoms with Gasteiger partial charge in [0.05, 0.1) is 10.9 Å². The summed E-state index contributed by atoms with van der Waals surface area (Å²) in [5.74, 6) is 0.0551. The van der Waals surface area contributed by atoms with Gasteiger partial charge in [-0.05, 0) is 24.5 Å². The molecule has 0 saturated heterocycles. The van der Waals surface area contributed by atoms with Crippen molar-refractivity contribution >= 4 is 44.8 Å². The van der Waals surface area contributed by atoms with Crippen LogP contribution in [0.15, 0.2) is 17.0 Å². The first kappa shape index (κ1) is 19.0. The molecule has 0 spiro atoms. The van der Waals surface area contributed by atoms with Crippen molar-refractivity contribution in [2.24, 2.45) is 5.41 Å². The van der Waals surface area contributed by atoms with Gasteiger partial charge in [-0.25, -0.2) is 8.42 Å². The molecular formula is C14H20Cl3NO2S. The highest BCUT2D eigenvalue weighted by Crippen LogP contribution is 2.35. The molecule has 21 heavy (non-hydrogen) atoms. The Bertz CT molecular complexity index is 624. The van der Waals surface area contributed by atoms with Crippen molar-refractivity contribution in [3.8, 4) is 0 Å². The second-order valence-corrected chi connectivity index (χ2v) is 9.05. The van der Waals surface area contributed by atoms with Crippen LogP contribution in [0.2, 0.25) is 10.0 Å². The summed E-state index contributed by atoms with van der Waals surface area (Å²) in [6.45, 7) is 7.82. The molecule has 0 aliphatic carbocycles. The van der Waals surface area contributed by atoms with Crippen LogP contribution in [0.5, 0.6) is 0 Å². The zero-order valence-electron chi connectivity index (χ0n) is 12.7. The minimum Gasteiger partial charge on any atom is -0.207 e. The highest BCUT2D eigenvalue weighted by Gasteiger charge is 2.34. The average molecular weight is 373 g/mol. The van der Waals surface area contributed by atoms with Crippen LogP contribution in [0.25, 0.3) is 0 Å². The van der Waals surface area contributed by atoms with E-state index in [4.69, 9.17) is 34.8 Å². The summed E-state index contributed by atoms with van der Waals surface area (Å²) in [5.41, 5.74) is 0.230. The number of halogens is 3. The maximum atomic E-state index is 12.8. The molecule has 1 atom stereocenters. The van der Waals surface area contributed by atoms with Crippen LogP contribution in [-0.4, -0.2) is 25.8 Å². The van der Waals surface area contributed by atoms with E-state index in [2.05, 4.69) is 0 Å². The van der Waals surface area contributed by atoms with Crippen molar-refractivity contribution in [1.82, 2.24) is 4.31 Å². The first-order valence-electron chi connectivity index (χ1n) is 6.45. The number of nitrogens with zero attached hydrogens (tertiary/aromatic N) is 1. The molecule has 0 saturated carbocycles. The van der Waals surface area contributed by atoms with Crippen LogP contribution < -0.4 is 0 Å². The highest BCUT2D eigenvalue weighted by atomic mass is 35.5. The predicted molar refractivity (Wildman–Crippen MR) is 89.9 cm³/mol. The fourth-order valence-electron chi connectivity index (χ4n) is 1.81. The molecule has 0 N–H and O–H groups in total. The third-order valence-corrected chi connectivity index (χ3v) is 6.88. The predicted octanol–water partition coefficient (Wildman–Crippen LogP) is 4.79. The lowest BCUT2D eigenvalue weighted by atomic mass is 9.88. The topological polar surface area (TPSA) is 37.4 Å². The Labute approximate surface area is 142 Å². The minimum atomic E-state index is -3.72. The molecule has 0 aliphatic rings. The number of hydrogen-bond donors (Lipinski definition) is 0. The van der Waals surface area contributed by atoms with Gasteiger partial charge in [-0.15, -0.1) is 11.6 Å². The monoisotopic (exact) mass is 371 g/mol. The molecule has 120 valence electrons. The molecule has 3 nitrogen and oxygen atoms in total. The summed E-state index contributed by atoms with van der Waals surface area (Å²) in [6.07, 6.45) is 0. The van der Waals surface area contributed by atoms with Crippen LogP contribution >= 0.6 is 34.8 Å². The Hall–Kier alpha value is -0.000000000000000167. The van der Waals surface area contributed by atoms with E-state index in [1.165, 1.54) is 16.4 Å². The van der Waals surface area contributed by atoms with Crippen LogP contribution in [0.1, 0.15) is 33.3 Å². The maximum Gasteiger partial charge on any atom is 0.244 e. The zero-order valence-corrected chi connectivity index (χ0v) is 15.8. The number of hydrogen-bond acceptors (Lipinski definition) is 2. The van der Waals surface area contributed by atoms with Crippen LogP contribution in [0.3, 0.4) is 0 Å². The second kappa shape index (κ2) is 6.63. The Balaban J connectivity index is 3.39. The van der Waals surface area contributed by atoms with Gasteiger partial charge in [-0.3, -0.25) is 0 Å². The van der Waals surface area contributed by atoms with Gasteiger partial charge >= 0.3 is 0 Å². The van der Waals surface area contributed by atoms with Crippen LogP contribution in [-0.2, 0) is 15.9 Å². The van der Waals surface area contributed by atoms with E-state index in [0.29, 0.717) is 10.6 Å². The van der Waals surface area contributed by atoms with E-state index in [1.807, 2.05) is 27.7 Å². The quantitative estimate of drug-likeness (QED) is 0.713. The minimum absolute atomic E-state index is 0.0304. The van der Waals surface area contributed by atoms with Gasteiger partial charge in [0.2, 0.25) is 10.0 Å². The van der Waals surface area contributed by atoms with E-state index >= 15 is 0 Å². The van der Waals surface area contributed by atoms with Crippen LogP contribution in [0.4, 0.5) is 0 Å². The number of sulfonamides is 1. The molecule has 0 amide bonds. The first-order chi connectivity index (χ1) is 9.44. The van der Waals surface area contributed by atoms with E-state index in [1.54, 1.807) is 7.05 Å². The Morgan fingerprint density at radius 1 is 1.24 bits per heavy atom. The van der Waals surface area contributed by atoms with E-state index in [-0.39, 0.29) is 27.3 Å². The number of benzene rings is 1. The summed E-state index contributed by atoms with van der Waals surface area (Å²) in [6, 6.07) is 2.73. The summed E-state index contributed by atoms with van der Waals surface area (Å²) < 4.78 is 26.9. The van der Waals surface area contributed by atoms with E-state index in [0.717, 1.165) is 0 Å². The SMILES string of the molecule is CC(N(C)S(=O)(=O)c1ccc(Cl)c(CCl)c1Cl)C(C)(C)C. The molecule has 7 heteroatoms. The van der Waals surface area contributed by atoms with Gasteiger partial charge < -0.3 is 0 Å². The van der Waals surface area contributed by atoms with Gasteiger partial charge in [0, 0.05) is 23.7 Å². The van der Waals surface area contributed by atoms with Crippen LogP contribution in [0, 0.1) is 5.41 Å². The second-order valence-electron chi connectivity index (χ2n) is 6.03. The number of alkyl halides is 1. The van der Waals surface area contributed by atoms with Gasteiger partial charge in [-0.1, -0.05) is 44.0 Å². The molecule has 0 aromatic heterocycles. The third kappa shape index (κ3) is 3.85. The van der Waals surface area contributed by atoms with Crippen molar-refractivity contribution in [2.45, 2.75) is 44.5 Å². The standard InChI is InChI=1S/C14H20Cl3NO2S/c1-9(14(2,3)4)18(5)21(19,20)12-7-6-11(16)10(8-15)13(12)17/h6-7,9H,8H2,1-5H3. The molecule has 0 radical (unpaired) electrons. The summed E-state index contributed by atoms with van der Waals surface area (Å²) >= 11 is 18.0. The van der Waals surface area contributed by atoms with Gasteiger partial charge in [0.25, 0.3) is 0 Å². The maximum absolute atomic E-state index is 12.8. The van der Waals surface area contributed by atoms with Gasteiger partial charge in [0.1, 0.15) is 4.90 Å². The number of rotatable bonds is 4. The fraction of sp³-hybridized carbons (Fsp3) is 0.571. The van der Waals surface area contributed by atoms with E-state index < -0.39 is 10.0 Å². The third-order valence-electron chi connectivity index (χ3n) is 3.74. The molecule has 0 fully saturated rings. The lowest BCUT2D eigenvalue weighted by molar-refractivity contribution is 0.216. The van der Waals surface area contributed by atoms with Gasteiger partial charge in [0.15, 0.2) is 0 Å². The molecule has 0 heterocycles. The molecule has 1 rings (SSSR count). The molecule has 0 bridgehead atoms. The normalized spacial score (nSPS) is 14.5. The van der Waals surface area contributed by atoms with Crippen molar-refractivity contribution < 1.29 is 8.42 Å².